The van der Waals surface area contributed by atoms with Gasteiger partial charge in [-0.3, -0.25) is 4.79 Å². The van der Waals surface area contributed by atoms with E-state index in [-0.39, 0.29) is 5.91 Å². The number of carbonyl (C=O) groups excluding carboxylic acids is 1. The molecule has 0 atom stereocenters. The van der Waals surface area contributed by atoms with Crippen LogP contribution in [0.1, 0.15) is 58.8 Å². The van der Waals surface area contributed by atoms with Crippen molar-refractivity contribution < 1.29 is 9.53 Å². The highest BCUT2D eigenvalue weighted by Crippen LogP contribution is 2.29. The van der Waals surface area contributed by atoms with Gasteiger partial charge in [0.15, 0.2) is 0 Å². The van der Waals surface area contributed by atoms with E-state index in [4.69, 9.17) is 4.74 Å². The zero-order valence-electron chi connectivity index (χ0n) is 12.9. The van der Waals surface area contributed by atoms with Crippen LogP contribution in [0, 0.1) is 22.7 Å². The van der Waals surface area contributed by atoms with E-state index in [1.54, 1.807) is 0 Å². The third-order valence-electron chi connectivity index (χ3n) is 3.80. The summed E-state index contributed by atoms with van der Waals surface area (Å²) in [5.74, 6) is 0.677. The summed E-state index contributed by atoms with van der Waals surface area (Å²) in [5.41, 5.74) is -0.835. The van der Waals surface area contributed by atoms with E-state index in [1.807, 2.05) is 13.8 Å². The van der Waals surface area contributed by atoms with Crippen LogP contribution in [0.3, 0.4) is 0 Å². The molecular formula is C16H28N2O2. The Balaban J connectivity index is 2.24. The first-order valence-electron chi connectivity index (χ1n) is 7.95. The van der Waals surface area contributed by atoms with Gasteiger partial charge in [0.2, 0.25) is 5.91 Å². The Morgan fingerprint density at radius 2 is 2.00 bits per heavy atom. The van der Waals surface area contributed by atoms with Gasteiger partial charge in [-0.05, 0) is 38.0 Å². The van der Waals surface area contributed by atoms with Crippen molar-refractivity contribution in [2.75, 3.05) is 19.8 Å². The molecule has 1 aliphatic carbocycles. The van der Waals surface area contributed by atoms with Crippen molar-refractivity contribution in [3.8, 4) is 6.07 Å². The minimum absolute atomic E-state index is 0.106. The highest BCUT2D eigenvalue weighted by Gasteiger charge is 2.36. The summed E-state index contributed by atoms with van der Waals surface area (Å²) in [4.78, 5) is 12.3. The Morgan fingerprint density at radius 1 is 1.35 bits per heavy atom. The van der Waals surface area contributed by atoms with Gasteiger partial charge >= 0.3 is 0 Å². The van der Waals surface area contributed by atoms with Crippen LogP contribution in [-0.4, -0.2) is 25.7 Å². The molecule has 4 heteroatoms. The zero-order valence-corrected chi connectivity index (χ0v) is 12.9. The summed E-state index contributed by atoms with van der Waals surface area (Å²) in [5, 5.41) is 12.3. The van der Waals surface area contributed by atoms with Gasteiger partial charge in [-0.2, -0.15) is 5.26 Å². The lowest BCUT2D eigenvalue weighted by atomic mass is 9.80. The van der Waals surface area contributed by atoms with Crippen molar-refractivity contribution in [2.45, 2.75) is 58.8 Å². The molecule has 0 saturated heterocycles. The lowest BCUT2D eigenvalue weighted by Gasteiger charge is -2.24. The second-order valence-corrected chi connectivity index (χ2v) is 5.82. The van der Waals surface area contributed by atoms with Crippen LogP contribution in [-0.2, 0) is 9.53 Å². The molecule has 1 fully saturated rings. The Hall–Kier alpha value is -1.08. The van der Waals surface area contributed by atoms with Gasteiger partial charge in [-0.15, -0.1) is 0 Å². The van der Waals surface area contributed by atoms with Gasteiger partial charge < -0.3 is 10.1 Å². The van der Waals surface area contributed by atoms with E-state index in [0.717, 1.165) is 31.8 Å². The maximum absolute atomic E-state index is 12.3. The van der Waals surface area contributed by atoms with Crippen molar-refractivity contribution in [1.82, 2.24) is 5.32 Å². The molecule has 0 aromatic rings. The summed E-state index contributed by atoms with van der Waals surface area (Å²) < 4.78 is 5.53. The number of nitrogens with one attached hydrogen (secondary N) is 1. The lowest BCUT2D eigenvalue weighted by Crippen LogP contribution is -2.40. The van der Waals surface area contributed by atoms with Gasteiger partial charge in [-0.1, -0.05) is 26.7 Å². The normalized spacial score (nSPS) is 14.8. The van der Waals surface area contributed by atoms with Crippen LogP contribution >= 0.6 is 0 Å². The Bertz CT molecular complexity index is 326. The maximum Gasteiger partial charge on any atom is 0.240 e. The molecule has 1 N–H and O–H groups in total. The van der Waals surface area contributed by atoms with E-state index in [2.05, 4.69) is 11.4 Å². The number of hydrogen-bond acceptors (Lipinski definition) is 3. The zero-order chi connectivity index (χ0) is 14.8. The third kappa shape index (κ3) is 5.50. The summed E-state index contributed by atoms with van der Waals surface area (Å²) in [6, 6.07) is 2.25. The van der Waals surface area contributed by atoms with Gasteiger partial charge in [0.25, 0.3) is 0 Å². The first kappa shape index (κ1) is 17.0. The van der Waals surface area contributed by atoms with E-state index in [0.29, 0.717) is 26.0 Å². The fourth-order valence-corrected chi connectivity index (χ4v) is 2.45. The van der Waals surface area contributed by atoms with Crippen LogP contribution < -0.4 is 5.32 Å². The van der Waals surface area contributed by atoms with Crippen LogP contribution in [0.4, 0.5) is 0 Å². The molecule has 0 unspecified atom stereocenters. The highest BCUT2D eigenvalue weighted by molar-refractivity contribution is 5.85. The van der Waals surface area contributed by atoms with Crippen molar-refractivity contribution in [1.29, 1.82) is 5.26 Å². The first-order chi connectivity index (χ1) is 9.68. The molecule has 0 heterocycles. The number of rotatable bonds is 11. The number of hydrogen-bond donors (Lipinski definition) is 1. The molecule has 0 aromatic carbocycles. The van der Waals surface area contributed by atoms with Crippen molar-refractivity contribution in [3.05, 3.63) is 0 Å². The molecule has 4 nitrogen and oxygen atoms in total. The Kier molecular flexibility index (Phi) is 7.61. The first-order valence-corrected chi connectivity index (χ1v) is 7.95. The van der Waals surface area contributed by atoms with E-state index >= 15 is 0 Å². The smallest absolute Gasteiger partial charge is 0.240 e. The van der Waals surface area contributed by atoms with Crippen LogP contribution in [0.15, 0.2) is 0 Å². The van der Waals surface area contributed by atoms with Crippen molar-refractivity contribution in [2.24, 2.45) is 11.3 Å². The quantitative estimate of drug-likeness (QED) is 0.592. The van der Waals surface area contributed by atoms with Gasteiger partial charge in [0.05, 0.1) is 6.07 Å². The molecular weight excluding hydrogens is 252 g/mol. The highest BCUT2D eigenvalue weighted by atomic mass is 16.5. The van der Waals surface area contributed by atoms with Crippen LogP contribution in [0.25, 0.3) is 0 Å². The molecule has 1 rings (SSSR count). The molecule has 0 aliphatic heterocycles. The summed E-state index contributed by atoms with van der Waals surface area (Å²) in [7, 11) is 0. The van der Waals surface area contributed by atoms with Crippen LogP contribution in [0.5, 0.6) is 0 Å². The predicted octanol–water partition coefficient (Wildman–Crippen LogP) is 3.03. The van der Waals surface area contributed by atoms with Gasteiger partial charge in [0.1, 0.15) is 5.41 Å². The van der Waals surface area contributed by atoms with E-state index < -0.39 is 5.41 Å². The molecule has 1 saturated carbocycles. The van der Waals surface area contributed by atoms with Gasteiger partial charge in [0, 0.05) is 19.8 Å². The maximum atomic E-state index is 12.3. The molecule has 0 aromatic heterocycles. The standard InChI is InChI=1S/C16H28N2O2/c1-3-8-16(13-17,9-4-2)15(19)18-10-5-11-20-12-14-6-7-14/h14H,3-12H2,1-2H3,(H,18,19). The Labute approximate surface area is 122 Å². The second kappa shape index (κ2) is 8.97. The largest absolute Gasteiger partial charge is 0.381 e. The molecule has 0 radical (unpaired) electrons. The fraction of sp³-hybridized carbons (Fsp3) is 0.875. The summed E-state index contributed by atoms with van der Waals surface area (Å²) in [6.07, 6.45) is 6.41. The molecule has 1 amide bonds. The molecule has 0 spiro atoms. The fourth-order valence-electron chi connectivity index (χ4n) is 2.45. The van der Waals surface area contributed by atoms with Gasteiger partial charge in [-0.25, -0.2) is 0 Å². The minimum Gasteiger partial charge on any atom is -0.381 e. The molecule has 0 bridgehead atoms. The summed E-state index contributed by atoms with van der Waals surface area (Å²) in [6.45, 7) is 6.18. The monoisotopic (exact) mass is 280 g/mol. The number of nitriles is 1. The number of ether oxygens (including phenoxy) is 1. The van der Waals surface area contributed by atoms with E-state index in [1.165, 1.54) is 12.8 Å². The summed E-state index contributed by atoms with van der Waals surface area (Å²) >= 11 is 0. The van der Waals surface area contributed by atoms with Crippen molar-refractivity contribution in [3.63, 3.8) is 0 Å². The number of amides is 1. The van der Waals surface area contributed by atoms with Crippen molar-refractivity contribution >= 4 is 5.91 Å². The SMILES string of the molecule is CCCC(C#N)(CCC)C(=O)NCCCOCC1CC1. The molecule has 20 heavy (non-hydrogen) atoms. The number of nitrogens with zero attached hydrogens (tertiary/aromatic N) is 1. The average molecular weight is 280 g/mol. The molecule has 114 valence electrons. The second-order valence-electron chi connectivity index (χ2n) is 5.82. The van der Waals surface area contributed by atoms with Crippen LogP contribution in [0.2, 0.25) is 0 Å². The minimum atomic E-state index is -0.835. The van der Waals surface area contributed by atoms with E-state index in [9.17, 15) is 10.1 Å². The third-order valence-corrected chi connectivity index (χ3v) is 3.80. The Morgan fingerprint density at radius 3 is 2.50 bits per heavy atom. The number of carbonyl (C=O) groups is 1. The topological polar surface area (TPSA) is 62.1 Å². The lowest BCUT2D eigenvalue weighted by molar-refractivity contribution is -0.129. The predicted molar refractivity (Wildman–Crippen MR) is 79.0 cm³/mol. The average Bonchev–Trinajstić information content (AvgIpc) is 3.26. The molecule has 1 aliphatic rings.